The molecular weight excluding hydrogens is 362 g/mol. The minimum Gasteiger partial charge on any atom is -0.451 e. The number of carbonyl (C=O) groups is 2. The van der Waals surface area contributed by atoms with Crippen LogP contribution < -0.4 is 4.90 Å². The summed E-state index contributed by atoms with van der Waals surface area (Å²) in [6, 6.07) is 11.4. The van der Waals surface area contributed by atoms with Crippen molar-refractivity contribution in [3.63, 3.8) is 0 Å². The number of anilines is 1. The van der Waals surface area contributed by atoms with Crippen LogP contribution in [0.1, 0.15) is 27.6 Å². The maximum atomic E-state index is 12.7. The normalized spacial score (nSPS) is 11.8. The quantitative estimate of drug-likeness (QED) is 0.303. The Kier molecular flexibility index (Phi) is 5.12. The van der Waals surface area contributed by atoms with E-state index >= 15 is 0 Å². The van der Waals surface area contributed by atoms with Crippen LogP contribution in [0, 0.1) is 10.1 Å². The summed E-state index contributed by atoms with van der Waals surface area (Å²) in [5.41, 5.74) is 1.39. The van der Waals surface area contributed by atoms with Crippen LogP contribution in [0.3, 0.4) is 0 Å². The van der Waals surface area contributed by atoms with Crippen LogP contribution >= 0.6 is 0 Å². The molecule has 0 amide bonds. The fourth-order valence-corrected chi connectivity index (χ4v) is 2.95. The lowest BCUT2D eigenvalue weighted by molar-refractivity contribution is -0.384. The molecule has 0 aliphatic carbocycles. The molecule has 28 heavy (non-hydrogen) atoms. The van der Waals surface area contributed by atoms with Crippen LogP contribution in [0.15, 0.2) is 48.7 Å². The number of hydrogen-bond donors (Lipinski definition) is 1. The minimum absolute atomic E-state index is 0.0101. The van der Waals surface area contributed by atoms with Crippen molar-refractivity contribution in [2.45, 2.75) is 13.0 Å². The predicted octanol–water partition coefficient (Wildman–Crippen LogP) is 3.57. The van der Waals surface area contributed by atoms with Gasteiger partial charge in [0.15, 0.2) is 6.10 Å². The summed E-state index contributed by atoms with van der Waals surface area (Å²) in [5, 5.41) is 12.0. The molecule has 1 heterocycles. The first-order valence-corrected chi connectivity index (χ1v) is 8.56. The van der Waals surface area contributed by atoms with Crippen LogP contribution in [-0.2, 0) is 4.74 Å². The highest BCUT2D eigenvalue weighted by molar-refractivity contribution is 6.10. The lowest BCUT2D eigenvalue weighted by Crippen LogP contribution is -2.24. The minimum atomic E-state index is -1.04. The standard InChI is InChI=1S/C20H19N3O5/c1-12(19(24)15-11-21-16-7-5-4-6-14(15)16)28-20(25)13-8-9-17(22(2)3)18(10-13)23(26)27/h4-12,21H,1-3H3/t12-/m0/s1. The van der Waals surface area contributed by atoms with Crippen LogP contribution in [0.4, 0.5) is 11.4 Å². The molecule has 0 bridgehead atoms. The molecule has 2 aromatic carbocycles. The van der Waals surface area contributed by atoms with Gasteiger partial charge in [0.25, 0.3) is 5.69 Å². The number of nitro groups is 1. The number of nitro benzene ring substituents is 1. The van der Waals surface area contributed by atoms with Gasteiger partial charge in [0.2, 0.25) is 5.78 Å². The van der Waals surface area contributed by atoms with Gasteiger partial charge in [-0.2, -0.15) is 0 Å². The molecule has 3 rings (SSSR count). The number of para-hydroxylation sites is 1. The molecule has 8 heteroatoms. The van der Waals surface area contributed by atoms with E-state index in [1.807, 2.05) is 18.2 Å². The number of esters is 1. The van der Waals surface area contributed by atoms with E-state index in [-0.39, 0.29) is 17.0 Å². The van der Waals surface area contributed by atoms with E-state index in [9.17, 15) is 19.7 Å². The van der Waals surface area contributed by atoms with Crippen molar-refractivity contribution in [3.05, 3.63) is 69.9 Å². The lowest BCUT2D eigenvalue weighted by atomic mass is 10.1. The number of aromatic amines is 1. The summed E-state index contributed by atoms with van der Waals surface area (Å²) in [6.45, 7) is 1.48. The number of rotatable bonds is 6. The zero-order valence-corrected chi connectivity index (χ0v) is 15.6. The second-order valence-electron chi connectivity index (χ2n) is 6.51. The number of ether oxygens (including phenoxy) is 1. The summed E-state index contributed by atoms with van der Waals surface area (Å²) in [6.07, 6.45) is 0.535. The molecule has 1 N–H and O–H groups in total. The maximum absolute atomic E-state index is 12.7. The molecule has 3 aromatic rings. The monoisotopic (exact) mass is 381 g/mol. The van der Waals surface area contributed by atoms with Crippen molar-refractivity contribution in [1.82, 2.24) is 4.98 Å². The number of fused-ring (bicyclic) bond motifs is 1. The van der Waals surface area contributed by atoms with Gasteiger partial charge in [0.05, 0.1) is 10.5 Å². The van der Waals surface area contributed by atoms with Crippen molar-refractivity contribution in [1.29, 1.82) is 0 Å². The van der Waals surface area contributed by atoms with Crippen molar-refractivity contribution < 1.29 is 19.2 Å². The molecule has 0 radical (unpaired) electrons. The second kappa shape index (κ2) is 7.51. The summed E-state index contributed by atoms with van der Waals surface area (Å²) >= 11 is 0. The third kappa shape index (κ3) is 3.57. The molecule has 0 spiro atoms. The summed E-state index contributed by atoms with van der Waals surface area (Å²) < 4.78 is 5.27. The van der Waals surface area contributed by atoms with Gasteiger partial charge in [-0.15, -0.1) is 0 Å². The first kappa shape index (κ1) is 19.1. The molecule has 8 nitrogen and oxygen atoms in total. The highest BCUT2D eigenvalue weighted by atomic mass is 16.6. The summed E-state index contributed by atoms with van der Waals surface area (Å²) in [5.74, 6) is -1.15. The Morgan fingerprint density at radius 3 is 2.57 bits per heavy atom. The number of carbonyl (C=O) groups excluding carboxylic acids is 2. The van der Waals surface area contributed by atoms with Crippen molar-refractivity contribution in [2.24, 2.45) is 0 Å². The van der Waals surface area contributed by atoms with E-state index in [1.165, 1.54) is 19.1 Å². The highest BCUT2D eigenvalue weighted by Crippen LogP contribution is 2.28. The average molecular weight is 381 g/mol. The maximum Gasteiger partial charge on any atom is 0.339 e. The number of nitrogens with one attached hydrogen (secondary N) is 1. The van der Waals surface area contributed by atoms with Crippen molar-refractivity contribution in [3.8, 4) is 0 Å². The van der Waals surface area contributed by atoms with Crippen LogP contribution in [0.2, 0.25) is 0 Å². The Balaban J connectivity index is 1.81. The number of ketones is 1. The third-order valence-corrected chi connectivity index (χ3v) is 4.40. The van der Waals surface area contributed by atoms with Crippen LogP contribution in [0.5, 0.6) is 0 Å². The number of hydrogen-bond acceptors (Lipinski definition) is 6. The van der Waals surface area contributed by atoms with Gasteiger partial charge in [-0.25, -0.2) is 4.79 Å². The van der Waals surface area contributed by atoms with Gasteiger partial charge >= 0.3 is 5.97 Å². The van der Waals surface area contributed by atoms with E-state index in [2.05, 4.69) is 4.98 Å². The molecule has 0 unspecified atom stereocenters. The SMILES string of the molecule is C[C@H](OC(=O)c1ccc(N(C)C)c([N+](=O)[O-])c1)C(=O)c1c[nH]c2ccccc12. The van der Waals surface area contributed by atoms with E-state index in [1.54, 1.807) is 31.3 Å². The first-order valence-electron chi connectivity index (χ1n) is 8.56. The average Bonchev–Trinajstić information content (AvgIpc) is 3.10. The Bertz CT molecular complexity index is 1070. The summed E-state index contributed by atoms with van der Waals surface area (Å²) in [7, 11) is 3.34. The number of H-pyrrole nitrogens is 1. The van der Waals surface area contributed by atoms with Gasteiger partial charge in [-0.05, 0) is 25.1 Å². The van der Waals surface area contributed by atoms with Gasteiger partial charge in [-0.3, -0.25) is 14.9 Å². The van der Waals surface area contributed by atoms with Gasteiger partial charge in [-0.1, -0.05) is 18.2 Å². The van der Waals surface area contributed by atoms with Crippen molar-refractivity contribution >= 4 is 34.0 Å². The van der Waals surface area contributed by atoms with Crippen LogP contribution in [0.25, 0.3) is 10.9 Å². The molecule has 0 aliphatic rings. The zero-order chi connectivity index (χ0) is 20.4. The number of nitrogens with zero attached hydrogens (tertiary/aromatic N) is 2. The number of Topliss-reactive ketones (excluding diaryl/α,β-unsaturated/α-hetero) is 1. The molecular formula is C20H19N3O5. The van der Waals surface area contributed by atoms with Gasteiger partial charge in [0.1, 0.15) is 5.69 Å². The molecule has 0 saturated heterocycles. The Morgan fingerprint density at radius 2 is 1.89 bits per heavy atom. The molecule has 1 aromatic heterocycles. The van der Waals surface area contributed by atoms with Crippen LogP contribution in [-0.4, -0.2) is 41.9 Å². The van der Waals surface area contributed by atoms with E-state index in [4.69, 9.17) is 4.74 Å². The molecule has 144 valence electrons. The number of aromatic nitrogens is 1. The zero-order valence-electron chi connectivity index (χ0n) is 15.6. The first-order chi connectivity index (χ1) is 13.3. The third-order valence-electron chi connectivity index (χ3n) is 4.40. The predicted molar refractivity (Wildman–Crippen MR) is 105 cm³/mol. The smallest absolute Gasteiger partial charge is 0.339 e. The summed E-state index contributed by atoms with van der Waals surface area (Å²) in [4.78, 5) is 40.4. The van der Waals surface area contributed by atoms with Gasteiger partial charge < -0.3 is 14.6 Å². The Labute approximate surface area is 160 Å². The largest absolute Gasteiger partial charge is 0.451 e. The molecule has 0 fully saturated rings. The van der Waals surface area contributed by atoms with Crippen molar-refractivity contribution in [2.75, 3.05) is 19.0 Å². The van der Waals surface area contributed by atoms with E-state index in [0.717, 1.165) is 17.0 Å². The van der Waals surface area contributed by atoms with E-state index < -0.39 is 17.0 Å². The number of benzene rings is 2. The second-order valence-corrected chi connectivity index (χ2v) is 6.51. The molecule has 1 atom stereocenters. The Hall–Kier alpha value is -3.68. The lowest BCUT2D eigenvalue weighted by Gasteiger charge is -2.15. The topological polar surface area (TPSA) is 106 Å². The fourth-order valence-electron chi connectivity index (χ4n) is 2.95. The Morgan fingerprint density at radius 1 is 1.18 bits per heavy atom. The fraction of sp³-hybridized carbons (Fsp3) is 0.200. The molecule has 0 saturated carbocycles. The molecule has 0 aliphatic heterocycles. The highest BCUT2D eigenvalue weighted by Gasteiger charge is 2.25. The van der Waals surface area contributed by atoms with Gasteiger partial charge in [0, 0.05) is 42.8 Å². The van der Waals surface area contributed by atoms with E-state index in [0.29, 0.717) is 11.3 Å².